The van der Waals surface area contributed by atoms with Crippen LogP contribution in [0.5, 0.6) is 0 Å². The summed E-state index contributed by atoms with van der Waals surface area (Å²) in [6.45, 7) is 12.8. The Bertz CT molecular complexity index is 922. The van der Waals surface area contributed by atoms with Crippen molar-refractivity contribution in [1.29, 1.82) is 0 Å². The van der Waals surface area contributed by atoms with Crippen molar-refractivity contribution in [3.05, 3.63) is 41.1 Å². The van der Waals surface area contributed by atoms with Crippen molar-refractivity contribution < 1.29 is 11.0 Å². The second kappa shape index (κ2) is 13.7. The maximum absolute atomic E-state index is 6.25. The van der Waals surface area contributed by atoms with Crippen LogP contribution >= 0.6 is 22.9 Å². The van der Waals surface area contributed by atoms with Gasteiger partial charge >= 0.3 is 0 Å². The highest BCUT2D eigenvalue weighted by molar-refractivity contribution is 7.13. The van der Waals surface area contributed by atoms with Crippen molar-refractivity contribution >= 4 is 39.9 Å². The maximum Gasteiger partial charge on any atom is 0.183 e. The Balaban J connectivity index is 0.00000204. The first kappa shape index (κ1) is 31.5. The van der Waals surface area contributed by atoms with Crippen LogP contribution in [0.4, 0.5) is 5.13 Å². The van der Waals surface area contributed by atoms with E-state index in [0.717, 1.165) is 49.7 Å². The highest BCUT2D eigenvalue weighted by Crippen LogP contribution is 2.41. The number of piperidine rings is 1. The molecule has 2 unspecified atom stereocenters. The predicted octanol–water partition coefficient (Wildman–Crippen LogP) is 5.61. The molecule has 3 atom stereocenters. The largest absolute Gasteiger partial charge is 0.412 e. The van der Waals surface area contributed by atoms with Crippen LogP contribution in [0, 0.1) is 17.3 Å². The standard InChI is InChI=1S/C26H37ClN4S.CH4.2H2O/c1-18(2)23(29-25-30-24(16-32-25)20-6-5-12-28-14-20)15-31-13-11-22(26(3,4)17-31)19-7-9-21(27)10-8-19;;;/h7-9,12,14,16,18,21-23H,5-6,10-11,13,15,17H2,1-4H3,(H,29,30);1H4;2*1H2/t21?,22?,23-;;;/m0.../s1. The number of hydrogen-bond acceptors (Lipinski definition) is 5. The van der Waals surface area contributed by atoms with Crippen molar-refractivity contribution in [3.63, 3.8) is 0 Å². The van der Waals surface area contributed by atoms with Crippen LogP contribution in [0.3, 0.4) is 0 Å². The SMILES string of the molecule is C.CC(C)[C@H](CN1CCC(C2=CCC(Cl)C=C2)C(C)(C)C1)Nc1nc(C2=CN=CCC2)cs1.O.O. The minimum Gasteiger partial charge on any atom is -0.412 e. The summed E-state index contributed by atoms with van der Waals surface area (Å²) in [6, 6.07) is 0.380. The molecule has 1 saturated heterocycles. The van der Waals surface area contributed by atoms with Crippen LogP contribution < -0.4 is 5.32 Å². The average Bonchev–Trinajstić information content (AvgIpc) is 3.23. The van der Waals surface area contributed by atoms with Crippen LogP contribution in [0.25, 0.3) is 5.57 Å². The van der Waals surface area contributed by atoms with E-state index in [2.05, 4.69) is 66.5 Å². The molecule has 5 N–H and O–H groups in total. The van der Waals surface area contributed by atoms with E-state index in [4.69, 9.17) is 16.6 Å². The number of thiazole rings is 1. The first-order valence-electron chi connectivity index (χ1n) is 12.0. The molecule has 6 nitrogen and oxygen atoms in total. The first-order valence-corrected chi connectivity index (χ1v) is 13.3. The molecule has 0 saturated carbocycles. The fourth-order valence-corrected chi connectivity index (χ4v) is 6.11. The normalized spacial score (nSPS) is 24.4. The van der Waals surface area contributed by atoms with Gasteiger partial charge in [0.25, 0.3) is 0 Å². The number of likely N-dealkylation sites (tertiary alicyclic amines) is 1. The van der Waals surface area contributed by atoms with Crippen LogP contribution in [0.1, 0.15) is 66.5 Å². The molecular formula is C27H45ClN4O2S. The molecule has 0 spiro atoms. The Morgan fingerprint density at radius 3 is 2.66 bits per heavy atom. The summed E-state index contributed by atoms with van der Waals surface area (Å²) < 4.78 is 0. The van der Waals surface area contributed by atoms with Crippen molar-refractivity contribution in [2.75, 3.05) is 25.0 Å². The van der Waals surface area contributed by atoms with E-state index in [0.29, 0.717) is 17.9 Å². The number of allylic oxidation sites excluding steroid dienone is 5. The molecule has 8 heteroatoms. The van der Waals surface area contributed by atoms with Crippen LogP contribution in [-0.4, -0.2) is 58.1 Å². The number of anilines is 1. The quantitative estimate of drug-likeness (QED) is 0.468. The number of alkyl halides is 1. The van der Waals surface area contributed by atoms with E-state index in [9.17, 15) is 0 Å². The summed E-state index contributed by atoms with van der Waals surface area (Å²) in [5, 5.41) is 7.10. The third-order valence-corrected chi connectivity index (χ3v) is 8.16. The van der Waals surface area contributed by atoms with Crippen molar-refractivity contribution in [3.8, 4) is 0 Å². The highest BCUT2D eigenvalue weighted by Gasteiger charge is 2.38. The van der Waals surface area contributed by atoms with Gasteiger partial charge in [0.2, 0.25) is 0 Å². The monoisotopic (exact) mass is 524 g/mol. The number of rotatable bonds is 7. The second-order valence-electron chi connectivity index (χ2n) is 10.4. The molecule has 0 amide bonds. The first-order chi connectivity index (χ1) is 15.3. The Labute approximate surface area is 220 Å². The zero-order chi connectivity index (χ0) is 22.7. The number of aromatic nitrogens is 1. The van der Waals surface area contributed by atoms with E-state index in [-0.39, 0.29) is 29.2 Å². The molecule has 1 aromatic heterocycles. The Hall–Kier alpha value is -1.51. The van der Waals surface area contributed by atoms with Gasteiger partial charge in [0.05, 0.1) is 11.1 Å². The van der Waals surface area contributed by atoms with Gasteiger partial charge in [-0.3, -0.25) is 4.99 Å². The predicted molar refractivity (Wildman–Crippen MR) is 154 cm³/mol. The molecule has 1 fully saturated rings. The van der Waals surface area contributed by atoms with Crippen molar-refractivity contribution in [2.45, 2.75) is 72.2 Å². The summed E-state index contributed by atoms with van der Waals surface area (Å²) in [5.74, 6) is 1.14. The topological polar surface area (TPSA) is 104 Å². The van der Waals surface area contributed by atoms with Gasteiger partial charge in [-0.1, -0.05) is 53.3 Å². The Morgan fingerprint density at radius 2 is 2.06 bits per heavy atom. The van der Waals surface area contributed by atoms with Crippen LogP contribution in [0.15, 0.2) is 40.4 Å². The summed E-state index contributed by atoms with van der Waals surface area (Å²) in [4.78, 5) is 11.8. The van der Waals surface area contributed by atoms with Crippen LogP contribution in [0.2, 0.25) is 0 Å². The van der Waals surface area contributed by atoms with Gasteiger partial charge in [0, 0.05) is 36.9 Å². The molecule has 1 aliphatic carbocycles. The molecule has 2 aliphatic heterocycles. The molecule has 0 bridgehead atoms. The van der Waals surface area contributed by atoms with Gasteiger partial charge in [-0.15, -0.1) is 22.9 Å². The van der Waals surface area contributed by atoms with E-state index < -0.39 is 0 Å². The zero-order valence-electron chi connectivity index (χ0n) is 20.9. The van der Waals surface area contributed by atoms with Gasteiger partial charge in [-0.2, -0.15) is 0 Å². The van der Waals surface area contributed by atoms with Gasteiger partial charge in [-0.25, -0.2) is 4.98 Å². The lowest BCUT2D eigenvalue weighted by Gasteiger charge is -2.46. The molecular weight excluding hydrogens is 480 g/mol. The summed E-state index contributed by atoms with van der Waals surface area (Å²) >= 11 is 7.96. The number of nitrogens with zero attached hydrogens (tertiary/aromatic N) is 3. The average molecular weight is 525 g/mol. The molecule has 3 heterocycles. The summed E-state index contributed by atoms with van der Waals surface area (Å²) in [5.41, 5.74) is 4.05. The molecule has 35 heavy (non-hydrogen) atoms. The molecule has 198 valence electrons. The van der Waals surface area contributed by atoms with E-state index >= 15 is 0 Å². The van der Waals surface area contributed by atoms with E-state index in [1.807, 2.05) is 12.4 Å². The number of halogens is 1. The Morgan fingerprint density at radius 1 is 1.29 bits per heavy atom. The van der Waals surface area contributed by atoms with Crippen molar-refractivity contribution in [1.82, 2.24) is 9.88 Å². The third kappa shape index (κ3) is 7.99. The minimum atomic E-state index is 0. The third-order valence-electron chi connectivity index (χ3n) is 7.07. The van der Waals surface area contributed by atoms with Gasteiger partial charge in [-0.05, 0) is 60.6 Å². The summed E-state index contributed by atoms with van der Waals surface area (Å²) in [6.07, 6.45) is 14.9. The van der Waals surface area contributed by atoms with Gasteiger partial charge in [0.15, 0.2) is 5.13 Å². The van der Waals surface area contributed by atoms with Gasteiger partial charge < -0.3 is 21.2 Å². The minimum absolute atomic E-state index is 0. The van der Waals surface area contributed by atoms with Gasteiger partial charge in [0.1, 0.15) is 0 Å². The second-order valence-corrected chi connectivity index (χ2v) is 11.9. The molecule has 0 aromatic carbocycles. The molecule has 4 rings (SSSR count). The lowest BCUT2D eigenvalue weighted by Crippen LogP contribution is -2.50. The lowest BCUT2D eigenvalue weighted by molar-refractivity contribution is 0.0688. The number of hydrogen-bond donors (Lipinski definition) is 1. The lowest BCUT2D eigenvalue weighted by atomic mass is 9.69. The molecule has 3 aliphatic rings. The van der Waals surface area contributed by atoms with E-state index in [1.54, 1.807) is 11.3 Å². The summed E-state index contributed by atoms with van der Waals surface area (Å²) in [7, 11) is 0. The highest BCUT2D eigenvalue weighted by atomic mass is 35.5. The zero-order valence-corrected chi connectivity index (χ0v) is 22.4. The molecule has 0 radical (unpaired) electrons. The fourth-order valence-electron chi connectivity index (χ4n) is 5.15. The molecule has 1 aromatic rings. The smallest absolute Gasteiger partial charge is 0.183 e. The maximum atomic E-state index is 6.25. The number of nitrogens with one attached hydrogen (secondary N) is 1. The fraction of sp³-hybridized carbons (Fsp3) is 0.630. The van der Waals surface area contributed by atoms with E-state index in [1.165, 1.54) is 17.6 Å². The number of aliphatic imine (C=N–C) groups is 1. The Kier molecular flexibility index (Phi) is 12.3. The van der Waals surface area contributed by atoms with Crippen LogP contribution in [-0.2, 0) is 0 Å². The van der Waals surface area contributed by atoms with Crippen molar-refractivity contribution in [2.24, 2.45) is 22.2 Å².